The number of aromatic nitrogens is 2. The van der Waals surface area contributed by atoms with Crippen LogP contribution in [0.4, 0.5) is 16.3 Å². The van der Waals surface area contributed by atoms with Gasteiger partial charge >= 0.3 is 6.03 Å². The van der Waals surface area contributed by atoms with Gasteiger partial charge in [0.25, 0.3) is 0 Å². The van der Waals surface area contributed by atoms with E-state index in [-0.39, 0.29) is 18.0 Å². The van der Waals surface area contributed by atoms with Crippen molar-refractivity contribution in [1.29, 1.82) is 0 Å². The standard InChI is InChI=1S/C20H27N5O2/c1-14(16-7-6-8-17(13-16)23-15(2)26)22-20(27)24-19-11-12-21-25(19)18-9-4-3-5-10-18/h6-8,11-14,18H,3-5,9-10H2,1-2H3,(H,23,26)(H2,22,24,27). The van der Waals surface area contributed by atoms with Crippen molar-refractivity contribution in [3.05, 3.63) is 42.1 Å². The molecule has 7 heteroatoms. The molecule has 144 valence electrons. The quantitative estimate of drug-likeness (QED) is 0.737. The normalized spacial score (nSPS) is 15.8. The number of nitrogens with one attached hydrogen (secondary N) is 3. The average molecular weight is 369 g/mol. The number of anilines is 2. The van der Waals surface area contributed by atoms with Crippen molar-refractivity contribution < 1.29 is 9.59 Å². The summed E-state index contributed by atoms with van der Waals surface area (Å²) in [5.74, 6) is 0.597. The molecule has 1 unspecified atom stereocenters. The number of benzene rings is 1. The van der Waals surface area contributed by atoms with Crippen LogP contribution in [-0.4, -0.2) is 21.7 Å². The third kappa shape index (κ3) is 5.09. The lowest BCUT2D eigenvalue weighted by Gasteiger charge is -2.24. The van der Waals surface area contributed by atoms with Gasteiger partial charge in [-0.3, -0.25) is 10.1 Å². The topological polar surface area (TPSA) is 88.1 Å². The summed E-state index contributed by atoms with van der Waals surface area (Å²) in [5.41, 5.74) is 1.63. The van der Waals surface area contributed by atoms with Crippen LogP contribution in [0.25, 0.3) is 0 Å². The van der Waals surface area contributed by atoms with Gasteiger partial charge in [0.1, 0.15) is 5.82 Å². The van der Waals surface area contributed by atoms with E-state index in [9.17, 15) is 9.59 Å². The minimum atomic E-state index is -0.273. The molecular weight excluding hydrogens is 342 g/mol. The fourth-order valence-corrected chi connectivity index (χ4v) is 3.55. The fourth-order valence-electron chi connectivity index (χ4n) is 3.55. The van der Waals surface area contributed by atoms with Gasteiger partial charge in [-0.25, -0.2) is 9.48 Å². The molecule has 3 N–H and O–H groups in total. The Kier molecular flexibility index (Phi) is 6.11. The molecule has 27 heavy (non-hydrogen) atoms. The number of hydrogen-bond donors (Lipinski definition) is 3. The third-order valence-electron chi connectivity index (χ3n) is 4.89. The molecule has 1 aromatic carbocycles. The maximum absolute atomic E-state index is 12.5. The first kappa shape index (κ1) is 18.9. The van der Waals surface area contributed by atoms with Gasteiger partial charge in [-0.05, 0) is 37.5 Å². The van der Waals surface area contributed by atoms with Crippen LogP contribution in [0.1, 0.15) is 63.6 Å². The number of carbonyl (C=O) groups excluding carboxylic acids is 2. The van der Waals surface area contributed by atoms with Crippen molar-refractivity contribution in [2.75, 3.05) is 10.6 Å². The second-order valence-corrected chi connectivity index (χ2v) is 7.08. The smallest absolute Gasteiger partial charge is 0.320 e. The first-order valence-electron chi connectivity index (χ1n) is 9.51. The summed E-state index contributed by atoms with van der Waals surface area (Å²) in [4.78, 5) is 23.7. The lowest BCUT2D eigenvalue weighted by atomic mass is 9.96. The third-order valence-corrected chi connectivity index (χ3v) is 4.89. The molecule has 0 aliphatic heterocycles. The summed E-state index contributed by atoms with van der Waals surface area (Å²) < 4.78 is 1.93. The molecular formula is C20H27N5O2. The van der Waals surface area contributed by atoms with Crippen LogP contribution in [0.3, 0.4) is 0 Å². The Morgan fingerprint density at radius 2 is 1.93 bits per heavy atom. The number of amides is 3. The zero-order valence-electron chi connectivity index (χ0n) is 15.9. The number of hydrogen-bond acceptors (Lipinski definition) is 3. The minimum Gasteiger partial charge on any atom is -0.331 e. The van der Waals surface area contributed by atoms with Crippen LogP contribution < -0.4 is 16.0 Å². The Morgan fingerprint density at radius 1 is 1.15 bits per heavy atom. The molecule has 0 spiro atoms. The second-order valence-electron chi connectivity index (χ2n) is 7.08. The van der Waals surface area contributed by atoms with E-state index < -0.39 is 0 Å². The Hall–Kier alpha value is -2.83. The molecule has 3 rings (SSSR count). The van der Waals surface area contributed by atoms with Gasteiger partial charge in [-0.15, -0.1) is 0 Å². The van der Waals surface area contributed by atoms with Gasteiger partial charge in [0.05, 0.1) is 18.3 Å². The molecule has 2 aromatic rings. The zero-order valence-corrected chi connectivity index (χ0v) is 15.9. The molecule has 0 radical (unpaired) electrons. The summed E-state index contributed by atoms with van der Waals surface area (Å²) in [5, 5.41) is 13.0. The second kappa shape index (κ2) is 8.70. The summed E-state index contributed by atoms with van der Waals surface area (Å²) in [6.07, 6.45) is 7.62. The van der Waals surface area contributed by atoms with Crippen LogP contribution >= 0.6 is 0 Å². The van der Waals surface area contributed by atoms with E-state index in [0.717, 1.165) is 24.2 Å². The largest absolute Gasteiger partial charge is 0.331 e. The van der Waals surface area contributed by atoms with E-state index in [0.29, 0.717) is 11.7 Å². The molecule has 3 amide bonds. The number of carbonyl (C=O) groups is 2. The Bertz CT molecular complexity index is 795. The predicted molar refractivity (Wildman–Crippen MR) is 106 cm³/mol. The van der Waals surface area contributed by atoms with Crippen LogP contribution in [-0.2, 0) is 4.79 Å². The fraction of sp³-hybridized carbons (Fsp3) is 0.450. The van der Waals surface area contributed by atoms with Crippen molar-refractivity contribution >= 4 is 23.4 Å². The highest BCUT2D eigenvalue weighted by atomic mass is 16.2. The Balaban J connectivity index is 1.61. The van der Waals surface area contributed by atoms with Crippen LogP contribution in [0.5, 0.6) is 0 Å². The SMILES string of the molecule is CC(=O)Nc1cccc(C(C)NC(=O)Nc2ccnn2C2CCCCC2)c1. The van der Waals surface area contributed by atoms with Crippen molar-refractivity contribution in [2.45, 2.75) is 58.0 Å². The molecule has 0 bridgehead atoms. The van der Waals surface area contributed by atoms with E-state index in [4.69, 9.17) is 0 Å². The molecule has 1 saturated carbocycles. The van der Waals surface area contributed by atoms with Crippen molar-refractivity contribution in [3.8, 4) is 0 Å². The van der Waals surface area contributed by atoms with E-state index in [1.807, 2.05) is 41.9 Å². The monoisotopic (exact) mass is 369 g/mol. The first-order valence-corrected chi connectivity index (χ1v) is 9.51. The minimum absolute atomic E-state index is 0.124. The Labute approximate surface area is 159 Å². The highest BCUT2D eigenvalue weighted by Gasteiger charge is 2.19. The molecule has 1 aliphatic carbocycles. The molecule has 1 atom stereocenters. The summed E-state index contributed by atoms with van der Waals surface area (Å²) >= 11 is 0. The lowest BCUT2D eigenvalue weighted by Crippen LogP contribution is -2.32. The number of urea groups is 1. The van der Waals surface area contributed by atoms with Crippen molar-refractivity contribution in [2.24, 2.45) is 0 Å². The molecule has 0 saturated heterocycles. The molecule has 1 aromatic heterocycles. The van der Waals surface area contributed by atoms with Crippen molar-refractivity contribution in [3.63, 3.8) is 0 Å². The Morgan fingerprint density at radius 3 is 2.67 bits per heavy atom. The van der Waals surface area contributed by atoms with E-state index >= 15 is 0 Å². The highest BCUT2D eigenvalue weighted by molar-refractivity contribution is 5.89. The number of nitrogens with zero attached hydrogens (tertiary/aromatic N) is 2. The molecule has 1 fully saturated rings. The number of rotatable bonds is 5. The lowest BCUT2D eigenvalue weighted by molar-refractivity contribution is -0.114. The highest BCUT2D eigenvalue weighted by Crippen LogP contribution is 2.29. The maximum Gasteiger partial charge on any atom is 0.320 e. The molecule has 7 nitrogen and oxygen atoms in total. The van der Waals surface area contributed by atoms with E-state index in [1.165, 1.54) is 26.2 Å². The van der Waals surface area contributed by atoms with Gasteiger partial charge in [-0.1, -0.05) is 31.4 Å². The van der Waals surface area contributed by atoms with Gasteiger partial charge in [0.15, 0.2) is 0 Å². The van der Waals surface area contributed by atoms with Crippen LogP contribution in [0, 0.1) is 0 Å². The van der Waals surface area contributed by atoms with Gasteiger partial charge in [-0.2, -0.15) is 5.10 Å². The van der Waals surface area contributed by atoms with Gasteiger partial charge in [0, 0.05) is 18.7 Å². The zero-order chi connectivity index (χ0) is 19.2. The maximum atomic E-state index is 12.5. The molecule has 1 heterocycles. The van der Waals surface area contributed by atoms with Crippen LogP contribution in [0.15, 0.2) is 36.5 Å². The van der Waals surface area contributed by atoms with Crippen molar-refractivity contribution in [1.82, 2.24) is 15.1 Å². The van der Waals surface area contributed by atoms with E-state index in [2.05, 4.69) is 21.0 Å². The van der Waals surface area contributed by atoms with Gasteiger partial charge in [0.2, 0.25) is 5.91 Å². The van der Waals surface area contributed by atoms with Crippen LogP contribution in [0.2, 0.25) is 0 Å². The predicted octanol–water partition coefficient (Wildman–Crippen LogP) is 4.23. The van der Waals surface area contributed by atoms with Gasteiger partial charge < -0.3 is 10.6 Å². The average Bonchev–Trinajstić information content (AvgIpc) is 3.10. The summed E-state index contributed by atoms with van der Waals surface area (Å²) in [6, 6.07) is 9.16. The first-order chi connectivity index (χ1) is 13.0. The van der Waals surface area contributed by atoms with E-state index in [1.54, 1.807) is 6.20 Å². The summed E-state index contributed by atoms with van der Waals surface area (Å²) in [6.45, 7) is 3.38. The molecule has 1 aliphatic rings. The summed E-state index contributed by atoms with van der Waals surface area (Å²) in [7, 11) is 0.